The first kappa shape index (κ1) is 16.3. The first-order chi connectivity index (χ1) is 8.83. The molecule has 0 atom stereocenters. The maximum absolute atomic E-state index is 12.0. The molecule has 1 rings (SSSR count). The van der Waals surface area contributed by atoms with E-state index in [2.05, 4.69) is 0 Å². The maximum Gasteiger partial charge on any atom is 0.303 e. The molecule has 0 aromatic heterocycles. The molecule has 0 aliphatic heterocycles. The van der Waals surface area contributed by atoms with Gasteiger partial charge in [-0.25, -0.2) is 8.42 Å². The van der Waals surface area contributed by atoms with Crippen molar-refractivity contribution in [1.82, 2.24) is 0 Å². The summed E-state index contributed by atoms with van der Waals surface area (Å²) in [6, 6.07) is 4.19. The highest BCUT2D eigenvalue weighted by Crippen LogP contribution is 2.25. The Morgan fingerprint density at radius 3 is 2.37 bits per heavy atom. The monoisotopic (exact) mass is 324 g/mol. The highest BCUT2D eigenvalue weighted by atomic mass is 35.5. The molecule has 0 unspecified atom stereocenters. The summed E-state index contributed by atoms with van der Waals surface area (Å²) >= 11 is 11.5. The van der Waals surface area contributed by atoms with Crippen LogP contribution in [0.3, 0.4) is 0 Å². The van der Waals surface area contributed by atoms with Gasteiger partial charge in [0.15, 0.2) is 9.84 Å². The normalized spacial score (nSPS) is 11.5. The molecular weight excluding hydrogens is 311 g/mol. The Balaban J connectivity index is 2.56. The fourth-order valence-electron chi connectivity index (χ4n) is 1.53. The first-order valence-corrected chi connectivity index (χ1v) is 8.13. The second-order valence-electron chi connectivity index (χ2n) is 4.10. The molecular formula is C12H14Cl2O4S. The maximum atomic E-state index is 12.0. The van der Waals surface area contributed by atoms with Gasteiger partial charge in [-0.2, -0.15) is 0 Å². The van der Waals surface area contributed by atoms with Gasteiger partial charge in [-0.15, -0.1) is 0 Å². The summed E-state index contributed by atoms with van der Waals surface area (Å²) in [6.45, 7) is 0. The fraction of sp³-hybridized carbons (Fsp3) is 0.417. The van der Waals surface area contributed by atoms with Gasteiger partial charge in [-0.1, -0.05) is 29.6 Å². The van der Waals surface area contributed by atoms with Crippen molar-refractivity contribution < 1.29 is 18.3 Å². The minimum atomic E-state index is -3.39. The molecule has 4 nitrogen and oxygen atoms in total. The number of benzene rings is 1. The number of sulfone groups is 1. The van der Waals surface area contributed by atoms with Crippen molar-refractivity contribution >= 4 is 39.0 Å². The quantitative estimate of drug-likeness (QED) is 0.780. The van der Waals surface area contributed by atoms with Gasteiger partial charge in [0.05, 0.1) is 20.7 Å². The molecule has 19 heavy (non-hydrogen) atoms. The van der Waals surface area contributed by atoms with Gasteiger partial charge in [-0.3, -0.25) is 4.79 Å². The molecule has 0 spiro atoms. The predicted molar refractivity (Wildman–Crippen MR) is 74.6 cm³/mol. The van der Waals surface area contributed by atoms with Crippen LogP contribution in [0, 0.1) is 0 Å². The van der Waals surface area contributed by atoms with E-state index in [1.54, 1.807) is 0 Å². The zero-order valence-electron chi connectivity index (χ0n) is 10.1. The van der Waals surface area contributed by atoms with E-state index in [1.165, 1.54) is 18.2 Å². The molecule has 0 saturated carbocycles. The third-order valence-electron chi connectivity index (χ3n) is 2.55. The molecule has 1 aromatic carbocycles. The molecule has 106 valence electrons. The number of aliphatic carboxylic acids is 1. The van der Waals surface area contributed by atoms with Gasteiger partial charge in [0.25, 0.3) is 0 Å². The van der Waals surface area contributed by atoms with Crippen molar-refractivity contribution in [3.8, 4) is 0 Å². The van der Waals surface area contributed by atoms with E-state index >= 15 is 0 Å². The zero-order chi connectivity index (χ0) is 14.5. The summed E-state index contributed by atoms with van der Waals surface area (Å²) in [5.74, 6) is -0.891. The van der Waals surface area contributed by atoms with Crippen molar-refractivity contribution in [2.75, 3.05) is 5.75 Å². The number of carboxylic acid groups (broad SMARTS) is 1. The SMILES string of the molecule is O=C(O)CCCCCS(=O)(=O)c1ccc(Cl)c(Cl)c1. The van der Waals surface area contributed by atoms with Crippen LogP contribution in [0.25, 0.3) is 0 Å². The molecule has 0 aliphatic rings. The number of carbonyl (C=O) groups is 1. The van der Waals surface area contributed by atoms with Crippen LogP contribution in [-0.4, -0.2) is 25.2 Å². The Kier molecular flexibility index (Phi) is 6.10. The topological polar surface area (TPSA) is 71.4 Å². The van der Waals surface area contributed by atoms with Gasteiger partial charge in [-0.05, 0) is 31.0 Å². The Labute approximate surface area is 122 Å². The third kappa shape index (κ3) is 5.38. The van der Waals surface area contributed by atoms with Crippen LogP contribution in [-0.2, 0) is 14.6 Å². The van der Waals surface area contributed by atoms with Gasteiger partial charge in [0.2, 0.25) is 0 Å². The third-order valence-corrected chi connectivity index (χ3v) is 5.09. The summed E-state index contributed by atoms with van der Waals surface area (Å²) in [6.07, 6.45) is 1.53. The average molecular weight is 325 g/mol. The zero-order valence-corrected chi connectivity index (χ0v) is 12.4. The van der Waals surface area contributed by atoms with Crippen LogP contribution in [0.5, 0.6) is 0 Å². The standard InChI is InChI=1S/C12H14Cl2O4S/c13-10-6-5-9(8-11(10)14)19(17,18)7-3-1-2-4-12(15)16/h5-6,8H,1-4,7H2,(H,15,16). The lowest BCUT2D eigenvalue weighted by molar-refractivity contribution is -0.137. The molecule has 1 aromatic rings. The Hall–Kier alpha value is -0.780. The summed E-state index contributed by atoms with van der Waals surface area (Å²) in [4.78, 5) is 10.4. The van der Waals surface area contributed by atoms with Crippen LogP contribution in [0.4, 0.5) is 0 Å². The van der Waals surface area contributed by atoms with Crippen LogP contribution < -0.4 is 0 Å². The van der Waals surface area contributed by atoms with E-state index < -0.39 is 15.8 Å². The molecule has 0 amide bonds. The predicted octanol–water partition coefficient (Wildman–Crippen LogP) is 3.41. The molecule has 7 heteroatoms. The fourth-order valence-corrected chi connectivity index (χ4v) is 3.29. The molecule has 0 fully saturated rings. The minimum absolute atomic E-state index is 0.0232. The molecule has 0 aliphatic carbocycles. The van der Waals surface area contributed by atoms with E-state index in [0.29, 0.717) is 24.3 Å². The van der Waals surface area contributed by atoms with Gasteiger partial charge < -0.3 is 5.11 Å². The number of hydrogen-bond donors (Lipinski definition) is 1. The van der Waals surface area contributed by atoms with Gasteiger partial charge in [0.1, 0.15) is 0 Å². The summed E-state index contributed by atoms with van der Waals surface area (Å²) in [5.41, 5.74) is 0. The lowest BCUT2D eigenvalue weighted by atomic mass is 10.2. The van der Waals surface area contributed by atoms with E-state index in [9.17, 15) is 13.2 Å². The van der Waals surface area contributed by atoms with E-state index in [4.69, 9.17) is 28.3 Å². The number of unbranched alkanes of at least 4 members (excludes halogenated alkanes) is 2. The van der Waals surface area contributed by atoms with Crippen molar-refractivity contribution in [3.63, 3.8) is 0 Å². The van der Waals surface area contributed by atoms with Crippen LogP contribution in [0.2, 0.25) is 10.0 Å². The average Bonchev–Trinajstić information content (AvgIpc) is 2.31. The summed E-state index contributed by atoms with van der Waals surface area (Å²) < 4.78 is 23.9. The van der Waals surface area contributed by atoms with Crippen LogP contribution >= 0.6 is 23.2 Å². The van der Waals surface area contributed by atoms with Crippen molar-refractivity contribution in [1.29, 1.82) is 0 Å². The number of rotatable bonds is 7. The van der Waals surface area contributed by atoms with Crippen molar-refractivity contribution in [2.24, 2.45) is 0 Å². The van der Waals surface area contributed by atoms with Crippen LogP contribution in [0.1, 0.15) is 25.7 Å². The smallest absolute Gasteiger partial charge is 0.303 e. The van der Waals surface area contributed by atoms with E-state index in [-0.39, 0.29) is 22.1 Å². The molecule has 0 heterocycles. The van der Waals surface area contributed by atoms with E-state index in [0.717, 1.165) is 0 Å². The van der Waals surface area contributed by atoms with Crippen molar-refractivity contribution in [3.05, 3.63) is 28.2 Å². The Bertz CT molecular complexity index is 555. The lowest BCUT2D eigenvalue weighted by Gasteiger charge is -2.05. The first-order valence-electron chi connectivity index (χ1n) is 5.72. The summed E-state index contributed by atoms with van der Waals surface area (Å²) in [5, 5.41) is 8.97. The number of carboxylic acids is 1. The lowest BCUT2D eigenvalue weighted by Crippen LogP contribution is -2.07. The Morgan fingerprint density at radius 1 is 1.11 bits per heavy atom. The second-order valence-corrected chi connectivity index (χ2v) is 7.02. The van der Waals surface area contributed by atoms with Gasteiger partial charge in [0, 0.05) is 6.42 Å². The van der Waals surface area contributed by atoms with Crippen molar-refractivity contribution in [2.45, 2.75) is 30.6 Å². The minimum Gasteiger partial charge on any atom is -0.481 e. The Morgan fingerprint density at radius 2 is 1.79 bits per heavy atom. The molecule has 0 bridgehead atoms. The number of halogens is 2. The molecule has 1 N–H and O–H groups in total. The van der Waals surface area contributed by atoms with Crippen LogP contribution in [0.15, 0.2) is 23.1 Å². The molecule has 0 saturated heterocycles. The van der Waals surface area contributed by atoms with E-state index in [1.807, 2.05) is 0 Å². The second kappa shape index (κ2) is 7.12. The highest BCUT2D eigenvalue weighted by molar-refractivity contribution is 7.91. The van der Waals surface area contributed by atoms with Gasteiger partial charge >= 0.3 is 5.97 Å². The highest BCUT2D eigenvalue weighted by Gasteiger charge is 2.15. The summed E-state index contributed by atoms with van der Waals surface area (Å²) in [7, 11) is -3.39. The largest absolute Gasteiger partial charge is 0.481 e. The molecule has 0 radical (unpaired) electrons. The number of hydrogen-bond acceptors (Lipinski definition) is 3.